The van der Waals surface area contributed by atoms with E-state index < -0.39 is 10.0 Å². The van der Waals surface area contributed by atoms with Gasteiger partial charge in [-0.3, -0.25) is 9.52 Å². The lowest BCUT2D eigenvalue weighted by molar-refractivity contribution is 0.0735. The van der Waals surface area contributed by atoms with Gasteiger partial charge in [0.25, 0.3) is 15.9 Å². The number of benzene rings is 2. The van der Waals surface area contributed by atoms with Crippen LogP contribution in [0.2, 0.25) is 0 Å². The molecule has 150 valence electrons. The van der Waals surface area contributed by atoms with Crippen molar-refractivity contribution in [2.24, 2.45) is 0 Å². The molecule has 0 fully saturated rings. The predicted molar refractivity (Wildman–Crippen MR) is 116 cm³/mol. The first-order valence-corrected chi connectivity index (χ1v) is 11.7. The fourth-order valence-electron chi connectivity index (χ4n) is 3.55. The average Bonchev–Trinajstić information content (AvgIpc) is 3.15. The number of sulfonamides is 1. The van der Waals surface area contributed by atoms with E-state index in [2.05, 4.69) is 10.8 Å². The molecule has 0 unspecified atom stereocenters. The van der Waals surface area contributed by atoms with Crippen molar-refractivity contribution in [1.29, 1.82) is 0 Å². The second kappa shape index (κ2) is 7.65. The smallest absolute Gasteiger partial charge is 0.262 e. The van der Waals surface area contributed by atoms with E-state index in [0.29, 0.717) is 29.9 Å². The van der Waals surface area contributed by atoms with Crippen molar-refractivity contribution in [2.45, 2.75) is 31.7 Å². The molecule has 7 heteroatoms. The fourth-order valence-corrected chi connectivity index (χ4v) is 5.76. The lowest BCUT2D eigenvalue weighted by Crippen LogP contribution is -2.35. The molecule has 2 aromatic carbocycles. The van der Waals surface area contributed by atoms with Gasteiger partial charge in [0, 0.05) is 29.2 Å². The summed E-state index contributed by atoms with van der Waals surface area (Å²) >= 11 is 1.72. The van der Waals surface area contributed by atoms with Crippen molar-refractivity contribution in [3.63, 3.8) is 0 Å². The Morgan fingerprint density at radius 3 is 2.72 bits per heavy atom. The minimum atomic E-state index is -3.81. The highest BCUT2D eigenvalue weighted by molar-refractivity contribution is 7.92. The molecule has 0 radical (unpaired) electrons. The normalized spacial score (nSPS) is 13.8. The molecular weight excluding hydrogens is 404 g/mol. The van der Waals surface area contributed by atoms with E-state index >= 15 is 0 Å². The number of carbonyl (C=O) groups excluding carboxylic acids is 1. The summed E-state index contributed by atoms with van der Waals surface area (Å²) in [6.07, 6.45) is 0.838. The Morgan fingerprint density at radius 2 is 1.93 bits per heavy atom. The number of amides is 1. The van der Waals surface area contributed by atoms with E-state index in [1.165, 1.54) is 16.5 Å². The van der Waals surface area contributed by atoms with Crippen molar-refractivity contribution in [1.82, 2.24) is 4.90 Å². The lowest BCUT2D eigenvalue weighted by atomic mass is 10.1. The van der Waals surface area contributed by atoms with E-state index in [1.807, 2.05) is 18.4 Å². The maximum Gasteiger partial charge on any atom is 0.262 e. The Balaban J connectivity index is 1.61. The van der Waals surface area contributed by atoms with Crippen molar-refractivity contribution in [2.75, 3.05) is 11.3 Å². The SMILES string of the molecule is Cc1cccc(NS(=O)(=O)c2cc(C(=O)N3CCc4sccc4C3)ccc2C)c1. The van der Waals surface area contributed by atoms with E-state index in [1.54, 1.807) is 53.5 Å². The number of carbonyl (C=O) groups is 1. The molecule has 0 bridgehead atoms. The first-order chi connectivity index (χ1) is 13.8. The summed E-state index contributed by atoms with van der Waals surface area (Å²) in [6.45, 7) is 4.84. The maximum absolute atomic E-state index is 13.0. The second-order valence-electron chi connectivity index (χ2n) is 7.30. The largest absolute Gasteiger partial charge is 0.334 e. The standard InChI is InChI=1S/C22H22N2O3S2/c1-15-4-3-5-19(12-15)23-29(26,27)21-13-17(7-6-16(21)2)22(25)24-10-8-20-18(14-24)9-11-28-20/h3-7,9,11-13,23H,8,10,14H2,1-2H3. The van der Waals surface area contributed by atoms with Crippen LogP contribution in [0.25, 0.3) is 0 Å². The Hall–Kier alpha value is -2.64. The van der Waals surface area contributed by atoms with E-state index in [0.717, 1.165) is 12.0 Å². The predicted octanol–water partition coefficient (Wildman–Crippen LogP) is 4.36. The average molecular weight is 427 g/mol. The molecule has 4 rings (SSSR count). The highest BCUT2D eigenvalue weighted by Gasteiger charge is 2.25. The zero-order valence-electron chi connectivity index (χ0n) is 16.3. The van der Waals surface area contributed by atoms with Crippen LogP contribution in [0.5, 0.6) is 0 Å². The van der Waals surface area contributed by atoms with Gasteiger partial charge in [-0.05, 0) is 72.7 Å². The molecule has 0 aliphatic carbocycles. The Bertz CT molecular complexity index is 1180. The monoisotopic (exact) mass is 426 g/mol. The van der Waals surface area contributed by atoms with Crippen LogP contribution in [0.1, 0.15) is 31.9 Å². The van der Waals surface area contributed by atoms with Gasteiger partial charge in [0.05, 0.1) is 4.90 Å². The van der Waals surface area contributed by atoms with Crippen LogP contribution in [0.4, 0.5) is 5.69 Å². The number of nitrogens with zero attached hydrogens (tertiary/aromatic N) is 1. The van der Waals surface area contributed by atoms with Gasteiger partial charge in [-0.15, -0.1) is 11.3 Å². The van der Waals surface area contributed by atoms with Gasteiger partial charge in [0.15, 0.2) is 0 Å². The first-order valence-electron chi connectivity index (χ1n) is 9.38. The fraction of sp³-hybridized carbons (Fsp3) is 0.227. The van der Waals surface area contributed by atoms with Gasteiger partial charge >= 0.3 is 0 Å². The van der Waals surface area contributed by atoms with Crippen molar-refractivity contribution in [3.8, 4) is 0 Å². The van der Waals surface area contributed by atoms with Crippen LogP contribution >= 0.6 is 11.3 Å². The molecule has 1 aromatic heterocycles. The Morgan fingerprint density at radius 1 is 1.10 bits per heavy atom. The summed E-state index contributed by atoms with van der Waals surface area (Å²) < 4.78 is 28.6. The third-order valence-electron chi connectivity index (χ3n) is 5.09. The van der Waals surface area contributed by atoms with E-state index in [4.69, 9.17) is 0 Å². The third-order valence-corrected chi connectivity index (χ3v) is 7.64. The number of thiophene rings is 1. The molecule has 3 aromatic rings. The number of rotatable bonds is 4. The molecule has 2 heterocycles. The molecule has 0 saturated heterocycles. The number of hydrogen-bond acceptors (Lipinski definition) is 4. The van der Waals surface area contributed by atoms with Crippen molar-refractivity contribution < 1.29 is 13.2 Å². The maximum atomic E-state index is 13.0. The summed E-state index contributed by atoms with van der Waals surface area (Å²) in [5.41, 5.74) is 3.63. The first kappa shape index (κ1) is 19.7. The summed E-state index contributed by atoms with van der Waals surface area (Å²) in [4.78, 5) is 16.3. The van der Waals surface area contributed by atoms with Crippen LogP contribution in [0.3, 0.4) is 0 Å². The molecule has 1 N–H and O–H groups in total. The van der Waals surface area contributed by atoms with Crippen LogP contribution in [-0.4, -0.2) is 25.8 Å². The molecule has 1 amide bonds. The number of anilines is 1. The number of fused-ring (bicyclic) bond motifs is 1. The molecule has 29 heavy (non-hydrogen) atoms. The van der Waals surface area contributed by atoms with Crippen LogP contribution in [-0.2, 0) is 23.0 Å². The van der Waals surface area contributed by atoms with Crippen LogP contribution in [0, 0.1) is 13.8 Å². The molecule has 0 saturated carbocycles. The topological polar surface area (TPSA) is 66.5 Å². The second-order valence-corrected chi connectivity index (χ2v) is 9.95. The zero-order valence-corrected chi connectivity index (χ0v) is 17.9. The van der Waals surface area contributed by atoms with Gasteiger partial charge in [0.2, 0.25) is 0 Å². The van der Waals surface area contributed by atoms with Gasteiger partial charge < -0.3 is 4.90 Å². The van der Waals surface area contributed by atoms with Crippen LogP contribution in [0.15, 0.2) is 58.8 Å². The highest BCUT2D eigenvalue weighted by Crippen LogP contribution is 2.26. The molecule has 0 atom stereocenters. The molecule has 0 spiro atoms. The van der Waals surface area contributed by atoms with E-state index in [-0.39, 0.29) is 10.8 Å². The summed E-state index contributed by atoms with van der Waals surface area (Å²) in [7, 11) is -3.81. The Labute approximate surface area is 175 Å². The molecule has 1 aliphatic rings. The highest BCUT2D eigenvalue weighted by atomic mass is 32.2. The number of aryl methyl sites for hydroxylation is 2. The third kappa shape index (κ3) is 4.06. The molecule has 1 aliphatic heterocycles. The summed E-state index contributed by atoms with van der Waals surface area (Å²) in [5.74, 6) is -0.145. The van der Waals surface area contributed by atoms with Gasteiger partial charge in [-0.25, -0.2) is 8.42 Å². The summed E-state index contributed by atoms with van der Waals surface area (Å²) in [6, 6.07) is 14.1. The van der Waals surface area contributed by atoms with Gasteiger partial charge in [-0.1, -0.05) is 18.2 Å². The zero-order chi connectivity index (χ0) is 20.6. The molecule has 5 nitrogen and oxygen atoms in total. The minimum absolute atomic E-state index is 0.123. The van der Waals surface area contributed by atoms with Crippen molar-refractivity contribution >= 4 is 33.0 Å². The summed E-state index contributed by atoms with van der Waals surface area (Å²) in [5, 5.41) is 2.05. The van der Waals surface area contributed by atoms with Gasteiger partial charge in [0.1, 0.15) is 0 Å². The quantitative estimate of drug-likeness (QED) is 0.674. The minimum Gasteiger partial charge on any atom is -0.334 e. The number of nitrogens with one attached hydrogen (secondary N) is 1. The van der Waals surface area contributed by atoms with E-state index in [9.17, 15) is 13.2 Å². The van der Waals surface area contributed by atoms with Crippen LogP contribution < -0.4 is 4.72 Å². The van der Waals surface area contributed by atoms with Gasteiger partial charge in [-0.2, -0.15) is 0 Å². The van der Waals surface area contributed by atoms with Crippen molar-refractivity contribution in [3.05, 3.63) is 81.0 Å². The lowest BCUT2D eigenvalue weighted by Gasteiger charge is -2.27. The molecular formula is C22H22N2O3S2. The number of hydrogen-bond donors (Lipinski definition) is 1. The Kier molecular flexibility index (Phi) is 5.19.